The zero-order chi connectivity index (χ0) is 20.4. The van der Waals surface area contributed by atoms with Gasteiger partial charge < -0.3 is 10.1 Å². The van der Waals surface area contributed by atoms with Gasteiger partial charge in [0.25, 0.3) is 0 Å². The van der Waals surface area contributed by atoms with Gasteiger partial charge in [-0.25, -0.2) is 9.97 Å². The quantitative estimate of drug-likeness (QED) is 0.377. The van der Waals surface area contributed by atoms with Crippen LogP contribution in [0.5, 0.6) is 5.75 Å². The third kappa shape index (κ3) is 4.07. The van der Waals surface area contributed by atoms with Crippen LogP contribution in [0.1, 0.15) is 23.2 Å². The van der Waals surface area contributed by atoms with Crippen molar-refractivity contribution in [1.29, 1.82) is 0 Å². The van der Waals surface area contributed by atoms with Crippen LogP contribution in [-0.4, -0.2) is 16.6 Å². The van der Waals surface area contributed by atoms with E-state index in [1.807, 2.05) is 50.2 Å². The molecule has 0 spiro atoms. The summed E-state index contributed by atoms with van der Waals surface area (Å²) in [6.07, 6.45) is 0. The van der Waals surface area contributed by atoms with Crippen molar-refractivity contribution in [3.05, 3.63) is 69.8 Å². The molecule has 0 aliphatic rings. The van der Waals surface area contributed by atoms with Gasteiger partial charge in [0.05, 0.1) is 12.0 Å². The molecule has 4 aromatic rings. The first-order valence-electron chi connectivity index (χ1n) is 9.55. The molecule has 0 aliphatic heterocycles. The maximum absolute atomic E-state index is 6.33. The Morgan fingerprint density at radius 2 is 1.79 bits per heavy atom. The van der Waals surface area contributed by atoms with Crippen molar-refractivity contribution in [1.82, 2.24) is 9.97 Å². The van der Waals surface area contributed by atoms with Gasteiger partial charge in [-0.3, -0.25) is 0 Å². The number of rotatable bonds is 6. The van der Waals surface area contributed by atoms with E-state index in [2.05, 4.69) is 29.4 Å². The van der Waals surface area contributed by atoms with E-state index in [4.69, 9.17) is 21.3 Å². The Bertz CT molecular complexity index is 1150. The van der Waals surface area contributed by atoms with Crippen LogP contribution in [0, 0.1) is 13.8 Å². The number of aryl methyl sites for hydroxylation is 2. The number of hydrogen-bond donors (Lipinski definition) is 1. The topological polar surface area (TPSA) is 47.0 Å². The summed E-state index contributed by atoms with van der Waals surface area (Å²) in [6, 6.07) is 16.1. The number of fused-ring (bicyclic) bond motifs is 1. The van der Waals surface area contributed by atoms with Gasteiger partial charge in [-0.05, 0) is 50.1 Å². The van der Waals surface area contributed by atoms with Crippen molar-refractivity contribution in [3.63, 3.8) is 0 Å². The molecule has 0 radical (unpaired) electrons. The molecule has 2 aromatic heterocycles. The van der Waals surface area contributed by atoms with Crippen molar-refractivity contribution in [2.75, 3.05) is 11.9 Å². The molecule has 0 fully saturated rings. The van der Waals surface area contributed by atoms with Crippen LogP contribution < -0.4 is 10.1 Å². The lowest BCUT2D eigenvalue weighted by atomic mass is 10.0. The number of nitrogens with one attached hydrogen (secondary N) is 1. The zero-order valence-electron chi connectivity index (χ0n) is 16.6. The van der Waals surface area contributed by atoms with Crippen LogP contribution in [0.25, 0.3) is 21.3 Å². The second-order valence-corrected chi connectivity index (χ2v) is 8.35. The number of anilines is 1. The van der Waals surface area contributed by atoms with Gasteiger partial charge in [-0.15, -0.1) is 11.3 Å². The highest BCUT2D eigenvalue weighted by Gasteiger charge is 2.18. The lowest BCUT2D eigenvalue weighted by molar-refractivity contribution is 0.340. The molecule has 4 nitrogen and oxygen atoms in total. The van der Waals surface area contributed by atoms with Crippen LogP contribution in [0.4, 0.5) is 5.82 Å². The highest BCUT2D eigenvalue weighted by Crippen LogP contribution is 2.41. The van der Waals surface area contributed by atoms with Crippen molar-refractivity contribution < 1.29 is 4.74 Å². The van der Waals surface area contributed by atoms with E-state index < -0.39 is 0 Å². The van der Waals surface area contributed by atoms with Gasteiger partial charge in [-0.2, -0.15) is 0 Å². The highest BCUT2D eigenvalue weighted by molar-refractivity contribution is 7.19. The predicted molar refractivity (Wildman–Crippen MR) is 122 cm³/mol. The van der Waals surface area contributed by atoms with Crippen molar-refractivity contribution in [2.24, 2.45) is 0 Å². The van der Waals surface area contributed by atoms with E-state index in [0.29, 0.717) is 13.2 Å². The molecule has 4 rings (SSSR count). The summed E-state index contributed by atoms with van der Waals surface area (Å²) in [7, 11) is 0. The standard InChI is InChI=1S/C23H22ClN3OS/c1-4-28-18-11-9-16(10-12-18)20-14(2)29-23-21(20)22(26-15(3)27-23)25-13-17-7-5-6-8-19(17)24/h5-12H,4,13H2,1-3H3,(H,25,26,27). The maximum Gasteiger partial charge on any atom is 0.139 e. The minimum atomic E-state index is 0.600. The Balaban J connectivity index is 1.77. The maximum atomic E-state index is 6.33. The van der Waals surface area contributed by atoms with Gasteiger partial charge in [0.15, 0.2) is 0 Å². The summed E-state index contributed by atoms with van der Waals surface area (Å²) in [6.45, 7) is 7.30. The minimum absolute atomic E-state index is 0.600. The lowest BCUT2D eigenvalue weighted by Gasteiger charge is -2.11. The molecule has 6 heteroatoms. The van der Waals surface area contributed by atoms with E-state index >= 15 is 0 Å². The minimum Gasteiger partial charge on any atom is -0.494 e. The Morgan fingerprint density at radius 3 is 2.52 bits per heavy atom. The number of thiophene rings is 1. The van der Waals surface area contributed by atoms with Crippen molar-refractivity contribution in [2.45, 2.75) is 27.3 Å². The van der Waals surface area contributed by atoms with Crippen LogP contribution in [0.2, 0.25) is 5.02 Å². The summed E-state index contributed by atoms with van der Waals surface area (Å²) < 4.78 is 5.59. The van der Waals surface area contributed by atoms with Gasteiger partial charge in [0.1, 0.15) is 22.2 Å². The van der Waals surface area contributed by atoms with Crippen LogP contribution in [-0.2, 0) is 6.54 Å². The average molecular weight is 424 g/mol. The SMILES string of the molecule is CCOc1ccc(-c2c(C)sc3nc(C)nc(NCc4ccccc4Cl)c23)cc1. The summed E-state index contributed by atoms with van der Waals surface area (Å²) in [5, 5.41) is 5.28. The molecule has 0 atom stereocenters. The molecule has 0 unspecified atom stereocenters. The van der Waals surface area contributed by atoms with Crippen molar-refractivity contribution in [3.8, 4) is 16.9 Å². The van der Waals surface area contributed by atoms with Gasteiger partial charge >= 0.3 is 0 Å². The second-order valence-electron chi connectivity index (χ2n) is 6.74. The summed E-state index contributed by atoms with van der Waals surface area (Å²) >= 11 is 8.02. The molecule has 0 aliphatic carbocycles. The van der Waals surface area contributed by atoms with E-state index in [9.17, 15) is 0 Å². The Hall–Kier alpha value is -2.63. The normalized spacial score (nSPS) is 11.0. The van der Waals surface area contributed by atoms with Gasteiger partial charge in [-0.1, -0.05) is 41.9 Å². The first-order valence-corrected chi connectivity index (χ1v) is 10.7. The number of benzene rings is 2. The molecule has 0 amide bonds. The molecule has 29 heavy (non-hydrogen) atoms. The zero-order valence-corrected chi connectivity index (χ0v) is 18.2. The molecular formula is C23H22ClN3OS. The molecule has 2 heterocycles. The predicted octanol–water partition coefficient (Wildman–Crippen LogP) is 6.64. The molecule has 1 N–H and O–H groups in total. The monoisotopic (exact) mass is 423 g/mol. The largest absolute Gasteiger partial charge is 0.494 e. The van der Waals surface area contributed by atoms with E-state index in [1.165, 1.54) is 4.88 Å². The number of ether oxygens (including phenoxy) is 1. The van der Waals surface area contributed by atoms with E-state index in [0.717, 1.165) is 49.3 Å². The number of hydrogen-bond acceptors (Lipinski definition) is 5. The Labute approximate surface area is 179 Å². The van der Waals surface area contributed by atoms with Crippen LogP contribution in [0.15, 0.2) is 48.5 Å². The van der Waals surface area contributed by atoms with E-state index in [-0.39, 0.29) is 0 Å². The van der Waals surface area contributed by atoms with Gasteiger partial charge in [0.2, 0.25) is 0 Å². The molecule has 0 bridgehead atoms. The van der Waals surface area contributed by atoms with Gasteiger partial charge in [0, 0.05) is 22.0 Å². The van der Waals surface area contributed by atoms with E-state index in [1.54, 1.807) is 11.3 Å². The Morgan fingerprint density at radius 1 is 1.03 bits per heavy atom. The molecular weight excluding hydrogens is 402 g/mol. The molecule has 0 saturated carbocycles. The second kappa shape index (κ2) is 8.39. The highest BCUT2D eigenvalue weighted by atomic mass is 35.5. The van der Waals surface area contributed by atoms with Crippen LogP contribution in [0.3, 0.4) is 0 Å². The average Bonchev–Trinajstić information content (AvgIpc) is 3.03. The summed E-state index contributed by atoms with van der Waals surface area (Å²) in [4.78, 5) is 11.6. The fraction of sp³-hybridized carbons (Fsp3) is 0.217. The Kier molecular flexibility index (Phi) is 5.69. The first kappa shape index (κ1) is 19.7. The fourth-order valence-electron chi connectivity index (χ4n) is 3.40. The number of halogens is 1. The summed E-state index contributed by atoms with van der Waals surface area (Å²) in [5.41, 5.74) is 3.33. The smallest absolute Gasteiger partial charge is 0.139 e. The third-order valence-electron chi connectivity index (χ3n) is 4.70. The number of aromatic nitrogens is 2. The molecule has 148 valence electrons. The third-order valence-corrected chi connectivity index (χ3v) is 6.07. The number of nitrogens with zero attached hydrogens (tertiary/aromatic N) is 2. The lowest BCUT2D eigenvalue weighted by Crippen LogP contribution is -2.04. The first-order chi connectivity index (χ1) is 14.1. The molecule has 0 saturated heterocycles. The van der Waals surface area contributed by atoms with Crippen molar-refractivity contribution >= 4 is 39.0 Å². The fourth-order valence-corrected chi connectivity index (χ4v) is 4.69. The summed E-state index contributed by atoms with van der Waals surface area (Å²) in [5.74, 6) is 2.46. The molecule has 2 aromatic carbocycles. The van der Waals surface area contributed by atoms with Crippen LogP contribution >= 0.6 is 22.9 Å².